The minimum atomic E-state index is -0.901. The second-order valence-corrected chi connectivity index (χ2v) is 7.67. The summed E-state index contributed by atoms with van der Waals surface area (Å²) >= 11 is 11.7. The lowest BCUT2D eigenvalue weighted by Gasteiger charge is -2.22. The summed E-state index contributed by atoms with van der Waals surface area (Å²) in [6, 6.07) is 4.18. The van der Waals surface area contributed by atoms with E-state index in [0.717, 1.165) is 12.8 Å². The third kappa shape index (κ3) is 4.12. The van der Waals surface area contributed by atoms with Crippen molar-refractivity contribution in [2.24, 2.45) is 0 Å². The van der Waals surface area contributed by atoms with E-state index < -0.39 is 17.5 Å². The number of aromatic nitrogens is 3. The Labute approximate surface area is 181 Å². The first-order chi connectivity index (χ1) is 14.4. The van der Waals surface area contributed by atoms with Crippen LogP contribution < -0.4 is 5.32 Å². The Balaban J connectivity index is 1.48. The van der Waals surface area contributed by atoms with E-state index in [9.17, 15) is 14.0 Å². The molecule has 0 atom stereocenters. The van der Waals surface area contributed by atoms with Gasteiger partial charge in [-0.3, -0.25) is 14.3 Å². The highest BCUT2D eigenvalue weighted by Gasteiger charge is 2.23. The van der Waals surface area contributed by atoms with E-state index in [0.29, 0.717) is 18.9 Å². The standard InChI is InChI=1S/C20H17Cl2FN4O3/c21-14-1-2-15(22)18(23)17(14)19(28)11-7-16(24-8-11)20(29)26-12-9-25-27(10-12)13-3-5-30-6-4-13/h1-2,7-10,13,24H,3-6H2,(H,26,29). The van der Waals surface area contributed by atoms with E-state index in [1.165, 1.54) is 24.4 Å². The normalized spacial score (nSPS) is 14.6. The van der Waals surface area contributed by atoms with Crippen molar-refractivity contribution in [1.82, 2.24) is 14.8 Å². The van der Waals surface area contributed by atoms with Crippen molar-refractivity contribution in [3.05, 3.63) is 69.5 Å². The molecule has 1 amide bonds. The van der Waals surface area contributed by atoms with Crippen molar-refractivity contribution < 1.29 is 18.7 Å². The summed E-state index contributed by atoms with van der Waals surface area (Å²) in [5.41, 5.74) is 0.405. The van der Waals surface area contributed by atoms with Gasteiger partial charge in [0.05, 0.1) is 33.5 Å². The van der Waals surface area contributed by atoms with Crippen LogP contribution in [0.3, 0.4) is 0 Å². The van der Waals surface area contributed by atoms with E-state index in [1.807, 2.05) is 4.68 Å². The summed E-state index contributed by atoms with van der Waals surface area (Å²) in [5, 5.41) is 6.75. The lowest BCUT2D eigenvalue weighted by atomic mass is 10.0. The molecule has 0 spiro atoms. The quantitative estimate of drug-likeness (QED) is 0.442. The van der Waals surface area contributed by atoms with E-state index in [4.69, 9.17) is 27.9 Å². The van der Waals surface area contributed by atoms with E-state index >= 15 is 0 Å². The fourth-order valence-electron chi connectivity index (χ4n) is 3.29. The Morgan fingerprint density at radius 1 is 1.23 bits per heavy atom. The Kier molecular flexibility index (Phi) is 5.90. The molecule has 3 heterocycles. The summed E-state index contributed by atoms with van der Waals surface area (Å²) in [7, 11) is 0. The number of nitrogens with one attached hydrogen (secondary N) is 2. The smallest absolute Gasteiger partial charge is 0.272 e. The maximum atomic E-state index is 14.3. The molecule has 0 aliphatic carbocycles. The van der Waals surface area contributed by atoms with Crippen molar-refractivity contribution in [3.63, 3.8) is 0 Å². The summed E-state index contributed by atoms with van der Waals surface area (Å²) in [6.45, 7) is 1.37. The van der Waals surface area contributed by atoms with Gasteiger partial charge in [-0.15, -0.1) is 0 Å². The van der Waals surface area contributed by atoms with Crippen molar-refractivity contribution in [3.8, 4) is 0 Å². The van der Waals surface area contributed by atoms with Crippen LogP contribution in [0.2, 0.25) is 10.0 Å². The fraction of sp³-hybridized carbons (Fsp3) is 0.250. The molecule has 1 aromatic carbocycles. The third-order valence-corrected chi connectivity index (χ3v) is 5.49. The van der Waals surface area contributed by atoms with Gasteiger partial charge in [-0.2, -0.15) is 5.10 Å². The number of hydrogen-bond acceptors (Lipinski definition) is 4. The van der Waals surface area contributed by atoms with Gasteiger partial charge in [0.15, 0.2) is 11.6 Å². The number of halogens is 3. The van der Waals surface area contributed by atoms with Crippen LogP contribution in [0.1, 0.15) is 45.3 Å². The first kappa shape index (κ1) is 20.6. The van der Waals surface area contributed by atoms with Crippen LogP contribution in [-0.2, 0) is 4.74 Å². The minimum absolute atomic E-state index is 0.0605. The van der Waals surface area contributed by atoms with Crippen LogP contribution in [0.4, 0.5) is 10.1 Å². The lowest BCUT2D eigenvalue weighted by molar-refractivity contribution is 0.0662. The van der Waals surface area contributed by atoms with Crippen LogP contribution in [0.25, 0.3) is 0 Å². The second kappa shape index (κ2) is 8.59. The van der Waals surface area contributed by atoms with Gasteiger partial charge in [0.2, 0.25) is 0 Å². The highest BCUT2D eigenvalue weighted by atomic mass is 35.5. The largest absolute Gasteiger partial charge is 0.381 e. The number of rotatable bonds is 5. The number of hydrogen-bond donors (Lipinski definition) is 2. The number of nitrogens with zero attached hydrogens (tertiary/aromatic N) is 2. The average Bonchev–Trinajstić information content (AvgIpc) is 3.42. The van der Waals surface area contributed by atoms with Gasteiger partial charge in [-0.05, 0) is 31.0 Å². The van der Waals surface area contributed by atoms with Crippen molar-refractivity contribution in [1.29, 1.82) is 0 Å². The number of amides is 1. The molecule has 2 aromatic heterocycles. The first-order valence-corrected chi connectivity index (χ1v) is 9.99. The highest BCUT2D eigenvalue weighted by Crippen LogP contribution is 2.28. The Morgan fingerprint density at radius 2 is 1.97 bits per heavy atom. The maximum absolute atomic E-state index is 14.3. The number of carbonyl (C=O) groups excluding carboxylic acids is 2. The first-order valence-electron chi connectivity index (χ1n) is 9.24. The van der Waals surface area contributed by atoms with Gasteiger partial charge in [0.25, 0.3) is 5.91 Å². The van der Waals surface area contributed by atoms with Gasteiger partial charge in [-0.25, -0.2) is 4.39 Å². The molecule has 7 nitrogen and oxygen atoms in total. The van der Waals surface area contributed by atoms with E-state index in [1.54, 1.807) is 12.4 Å². The Hall–Kier alpha value is -2.68. The van der Waals surface area contributed by atoms with Gasteiger partial charge in [0, 0.05) is 31.2 Å². The molecule has 2 N–H and O–H groups in total. The lowest BCUT2D eigenvalue weighted by Crippen LogP contribution is -2.19. The zero-order valence-electron chi connectivity index (χ0n) is 15.6. The third-order valence-electron chi connectivity index (χ3n) is 4.89. The predicted octanol–water partition coefficient (Wildman–Crippen LogP) is 4.49. The van der Waals surface area contributed by atoms with Crippen LogP contribution in [0.15, 0.2) is 36.8 Å². The number of benzene rings is 1. The van der Waals surface area contributed by atoms with Crippen molar-refractivity contribution in [2.45, 2.75) is 18.9 Å². The molecule has 1 fully saturated rings. The molecule has 0 bridgehead atoms. The summed E-state index contributed by atoms with van der Waals surface area (Å²) in [5.74, 6) is -2.04. The number of ether oxygens (including phenoxy) is 1. The molecule has 4 rings (SSSR count). The summed E-state index contributed by atoms with van der Waals surface area (Å²) < 4.78 is 21.4. The van der Waals surface area contributed by atoms with Crippen LogP contribution in [0.5, 0.6) is 0 Å². The SMILES string of the molecule is O=C(Nc1cnn(C2CCOCC2)c1)c1cc(C(=O)c2c(Cl)ccc(Cl)c2F)c[nH]1. The Morgan fingerprint density at radius 3 is 2.73 bits per heavy atom. The molecule has 1 aliphatic heterocycles. The van der Waals surface area contributed by atoms with Gasteiger partial charge in [0.1, 0.15) is 5.69 Å². The topological polar surface area (TPSA) is 89.0 Å². The Bertz CT molecular complexity index is 1110. The van der Waals surface area contributed by atoms with Gasteiger partial charge in [-0.1, -0.05) is 23.2 Å². The predicted molar refractivity (Wildman–Crippen MR) is 110 cm³/mol. The zero-order valence-corrected chi connectivity index (χ0v) is 17.1. The van der Waals surface area contributed by atoms with E-state index in [-0.39, 0.29) is 32.9 Å². The number of aromatic amines is 1. The zero-order chi connectivity index (χ0) is 21.3. The van der Waals surface area contributed by atoms with Crippen LogP contribution in [-0.4, -0.2) is 39.7 Å². The molecule has 10 heteroatoms. The number of ketones is 1. The summed E-state index contributed by atoms with van der Waals surface area (Å²) in [4.78, 5) is 27.9. The second-order valence-electron chi connectivity index (χ2n) is 6.86. The molecular formula is C20H17Cl2FN4O3. The molecule has 0 radical (unpaired) electrons. The molecule has 1 aliphatic rings. The van der Waals surface area contributed by atoms with Crippen molar-refractivity contribution >= 4 is 40.6 Å². The molecular weight excluding hydrogens is 434 g/mol. The molecule has 156 valence electrons. The highest BCUT2D eigenvalue weighted by molar-refractivity contribution is 6.37. The van der Waals surface area contributed by atoms with Crippen LogP contribution >= 0.6 is 23.2 Å². The summed E-state index contributed by atoms with van der Waals surface area (Å²) in [6.07, 6.45) is 6.35. The van der Waals surface area contributed by atoms with Crippen molar-refractivity contribution in [2.75, 3.05) is 18.5 Å². The monoisotopic (exact) mass is 450 g/mol. The van der Waals surface area contributed by atoms with Crippen LogP contribution in [0, 0.1) is 5.82 Å². The number of H-pyrrole nitrogens is 1. The molecule has 0 saturated carbocycles. The van der Waals surface area contributed by atoms with Gasteiger partial charge < -0.3 is 15.0 Å². The molecule has 1 saturated heterocycles. The maximum Gasteiger partial charge on any atom is 0.272 e. The number of carbonyl (C=O) groups is 2. The molecule has 30 heavy (non-hydrogen) atoms. The average molecular weight is 451 g/mol. The van der Waals surface area contributed by atoms with E-state index in [2.05, 4.69) is 15.4 Å². The van der Waals surface area contributed by atoms with Gasteiger partial charge >= 0.3 is 0 Å². The number of anilines is 1. The minimum Gasteiger partial charge on any atom is -0.381 e. The molecule has 0 unspecified atom stereocenters. The molecule has 3 aromatic rings. The fourth-order valence-corrected chi connectivity index (χ4v) is 3.68.